The van der Waals surface area contributed by atoms with Crippen molar-refractivity contribution in [2.24, 2.45) is 0 Å². The van der Waals surface area contributed by atoms with E-state index in [9.17, 15) is 4.39 Å². The van der Waals surface area contributed by atoms with Crippen LogP contribution in [0.4, 0.5) is 4.39 Å². The van der Waals surface area contributed by atoms with Crippen molar-refractivity contribution in [3.63, 3.8) is 0 Å². The molecule has 0 aliphatic heterocycles. The molecule has 112 valence electrons. The number of benzene rings is 2. The number of hydrogen-bond donors (Lipinski definition) is 1. The summed E-state index contributed by atoms with van der Waals surface area (Å²) in [6.45, 7) is 11.2. The van der Waals surface area contributed by atoms with Gasteiger partial charge in [0.2, 0.25) is 0 Å². The molecule has 2 rings (SSSR count). The minimum atomic E-state index is -0.162. The van der Waals surface area contributed by atoms with E-state index in [4.69, 9.17) is 0 Å². The Bertz CT molecular complexity index is 623. The lowest BCUT2D eigenvalue weighted by Gasteiger charge is -2.25. The fourth-order valence-electron chi connectivity index (χ4n) is 3.04. The zero-order valence-corrected chi connectivity index (χ0v) is 13.5. The highest BCUT2D eigenvalue weighted by atomic mass is 19.1. The monoisotopic (exact) mass is 285 g/mol. The zero-order chi connectivity index (χ0) is 15.6. The Balaban J connectivity index is 2.62. The Hall–Kier alpha value is -1.67. The van der Waals surface area contributed by atoms with Gasteiger partial charge in [0.1, 0.15) is 5.82 Å². The summed E-state index contributed by atoms with van der Waals surface area (Å²) in [7, 11) is 0. The topological polar surface area (TPSA) is 12.0 Å². The summed E-state index contributed by atoms with van der Waals surface area (Å²) in [6.07, 6.45) is 0. The lowest BCUT2D eigenvalue weighted by atomic mass is 9.88. The molecule has 21 heavy (non-hydrogen) atoms. The third-order valence-electron chi connectivity index (χ3n) is 4.21. The normalized spacial score (nSPS) is 12.5. The summed E-state index contributed by atoms with van der Waals surface area (Å²) >= 11 is 0. The van der Waals surface area contributed by atoms with Crippen molar-refractivity contribution >= 4 is 0 Å². The number of hydrogen-bond acceptors (Lipinski definition) is 1. The Morgan fingerprint density at radius 2 is 1.62 bits per heavy atom. The molecule has 0 amide bonds. The summed E-state index contributed by atoms with van der Waals surface area (Å²) < 4.78 is 13.6. The number of nitrogens with one attached hydrogen (secondary N) is 1. The number of rotatable bonds is 4. The Kier molecular flexibility index (Phi) is 4.79. The smallest absolute Gasteiger partial charge is 0.123 e. The fraction of sp³-hybridized carbons (Fsp3) is 0.368. The summed E-state index contributed by atoms with van der Waals surface area (Å²) in [5, 5.41) is 3.56. The average molecular weight is 285 g/mol. The van der Waals surface area contributed by atoms with E-state index in [1.54, 1.807) is 12.1 Å². The molecule has 1 nitrogen and oxygen atoms in total. The second-order valence-electron chi connectivity index (χ2n) is 5.73. The second kappa shape index (κ2) is 6.40. The fourth-order valence-corrected chi connectivity index (χ4v) is 3.04. The Morgan fingerprint density at radius 1 is 1.00 bits per heavy atom. The molecule has 2 aromatic rings. The van der Waals surface area contributed by atoms with Gasteiger partial charge in [-0.25, -0.2) is 4.39 Å². The molecule has 0 saturated heterocycles. The van der Waals surface area contributed by atoms with Crippen LogP contribution in [0.15, 0.2) is 30.3 Å². The van der Waals surface area contributed by atoms with Crippen LogP contribution in [0.25, 0.3) is 0 Å². The van der Waals surface area contributed by atoms with Crippen LogP contribution in [0, 0.1) is 33.5 Å². The third kappa shape index (κ3) is 3.16. The van der Waals surface area contributed by atoms with Gasteiger partial charge in [0.15, 0.2) is 0 Å². The Morgan fingerprint density at radius 3 is 2.19 bits per heavy atom. The molecule has 0 saturated carbocycles. The van der Waals surface area contributed by atoms with Gasteiger partial charge in [0.25, 0.3) is 0 Å². The van der Waals surface area contributed by atoms with Crippen LogP contribution in [0.3, 0.4) is 0 Å². The highest BCUT2D eigenvalue weighted by Crippen LogP contribution is 2.31. The van der Waals surface area contributed by atoms with Crippen LogP contribution in [0.1, 0.15) is 46.3 Å². The van der Waals surface area contributed by atoms with Crippen molar-refractivity contribution < 1.29 is 4.39 Å². The minimum absolute atomic E-state index is 0.107. The van der Waals surface area contributed by atoms with Crippen molar-refractivity contribution in [3.8, 4) is 0 Å². The molecule has 0 bridgehead atoms. The van der Waals surface area contributed by atoms with E-state index in [1.807, 2.05) is 13.8 Å². The first kappa shape index (κ1) is 15.7. The molecule has 0 aromatic heterocycles. The van der Waals surface area contributed by atoms with E-state index in [1.165, 1.54) is 22.3 Å². The summed E-state index contributed by atoms with van der Waals surface area (Å²) in [4.78, 5) is 0. The van der Waals surface area contributed by atoms with E-state index in [0.29, 0.717) is 0 Å². The first-order valence-corrected chi connectivity index (χ1v) is 7.51. The molecule has 1 N–H and O–H groups in total. The lowest BCUT2D eigenvalue weighted by molar-refractivity contribution is 0.604. The van der Waals surface area contributed by atoms with Gasteiger partial charge in [-0.15, -0.1) is 0 Å². The van der Waals surface area contributed by atoms with Crippen LogP contribution < -0.4 is 5.32 Å². The van der Waals surface area contributed by atoms with Crippen molar-refractivity contribution in [1.82, 2.24) is 5.32 Å². The molecule has 0 spiro atoms. The van der Waals surface area contributed by atoms with Gasteiger partial charge >= 0.3 is 0 Å². The van der Waals surface area contributed by atoms with Crippen LogP contribution in [0.2, 0.25) is 0 Å². The molecular formula is C19H24FN. The van der Waals surface area contributed by atoms with E-state index < -0.39 is 0 Å². The van der Waals surface area contributed by atoms with Crippen LogP contribution in [-0.4, -0.2) is 6.54 Å². The molecule has 0 heterocycles. The first-order valence-electron chi connectivity index (χ1n) is 7.51. The first-order chi connectivity index (χ1) is 9.95. The third-order valence-corrected chi connectivity index (χ3v) is 4.21. The average Bonchev–Trinajstić information content (AvgIpc) is 2.40. The van der Waals surface area contributed by atoms with Crippen LogP contribution >= 0.6 is 0 Å². The standard InChI is InChI=1S/C19H24FN/c1-6-21-19(17-9-7-8-12(2)15(17)5)18-13(3)10-16(20)11-14(18)4/h7-11,19,21H,6H2,1-5H3. The molecule has 0 aliphatic carbocycles. The van der Waals surface area contributed by atoms with Crippen molar-refractivity contribution in [2.45, 2.75) is 40.7 Å². The number of aryl methyl sites for hydroxylation is 3. The van der Waals surface area contributed by atoms with Crippen molar-refractivity contribution in [2.75, 3.05) is 6.54 Å². The highest BCUT2D eigenvalue weighted by Gasteiger charge is 2.20. The lowest BCUT2D eigenvalue weighted by Crippen LogP contribution is -2.24. The van der Waals surface area contributed by atoms with Crippen molar-refractivity contribution in [3.05, 3.63) is 69.5 Å². The van der Waals surface area contributed by atoms with Crippen LogP contribution in [0.5, 0.6) is 0 Å². The molecule has 0 radical (unpaired) electrons. The second-order valence-corrected chi connectivity index (χ2v) is 5.73. The van der Waals surface area contributed by atoms with Gasteiger partial charge in [0, 0.05) is 0 Å². The number of halogens is 1. The maximum absolute atomic E-state index is 13.6. The van der Waals surface area contributed by atoms with Gasteiger partial charge in [-0.1, -0.05) is 25.1 Å². The maximum Gasteiger partial charge on any atom is 0.123 e. The molecule has 2 heteroatoms. The van der Waals surface area contributed by atoms with Gasteiger partial charge < -0.3 is 5.32 Å². The van der Waals surface area contributed by atoms with E-state index in [0.717, 1.165) is 17.7 Å². The van der Waals surface area contributed by atoms with Gasteiger partial charge in [0.05, 0.1) is 6.04 Å². The van der Waals surface area contributed by atoms with E-state index >= 15 is 0 Å². The highest BCUT2D eigenvalue weighted by molar-refractivity contribution is 5.46. The van der Waals surface area contributed by atoms with Crippen LogP contribution in [-0.2, 0) is 0 Å². The predicted molar refractivity (Wildman–Crippen MR) is 87.3 cm³/mol. The zero-order valence-electron chi connectivity index (χ0n) is 13.5. The van der Waals surface area contributed by atoms with Gasteiger partial charge in [-0.05, 0) is 79.8 Å². The molecule has 1 unspecified atom stereocenters. The molecule has 2 aromatic carbocycles. The molecular weight excluding hydrogens is 261 g/mol. The summed E-state index contributed by atoms with van der Waals surface area (Å²) in [5.74, 6) is -0.162. The predicted octanol–water partition coefficient (Wildman–Crippen LogP) is 4.76. The quantitative estimate of drug-likeness (QED) is 0.854. The molecule has 0 fully saturated rings. The maximum atomic E-state index is 13.6. The van der Waals surface area contributed by atoms with Gasteiger partial charge in [-0.2, -0.15) is 0 Å². The molecule has 1 atom stereocenters. The minimum Gasteiger partial charge on any atom is -0.307 e. The van der Waals surface area contributed by atoms with E-state index in [-0.39, 0.29) is 11.9 Å². The summed E-state index contributed by atoms with van der Waals surface area (Å²) in [5.41, 5.74) is 7.04. The van der Waals surface area contributed by atoms with Gasteiger partial charge in [-0.3, -0.25) is 0 Å². The van der Waals surface area contributed by atoms with Crippen molar-refractivity contribution in [1.29, 1.82) is 0 Å². The molecule has 0 aliphatic rings. The Labute approximate surface area is 127 Å². The summed E-state index contributed by atoms with van der Waals surface area (Å²) in [6, 6.07) is 9.74. The SMILES string of the molecule is CCNC(c1cccc(C)c1C)c1c(C)cc(F)cc1C. The van der Waals surface area contributed by atoms with E-state index in [2.05, 4.69) is 44.3 Å². The largest absolute Gasteiger partial charge is 0.307 e.